The lowest BCUT2D eigenvalue weighted by Gasteiger charge is -2.27. The second-order valence-corrected chi connectivity index (χ2v) is 4.26. The van der Waals surface area contributed by atoms with Crippen molar-refractivity contribution in [2.75, 3.05) is 11.5 Å². The molecule has 3 rings (SSSR count). The van der Waals surface area contributed by atoms with Crippen LogP contribution in [0.25, 0.3) is 0 Å². The standard InChI is InChI=1S/C12H13NO2/c1-8-3-2-4-9(5-8)13-10-6-11(12(13)14)15-7-10/h2-5,10-11H,6-7H2,1H3. The van der Waals surface area contributed by atoms with E-state index in [1.807, 2.05) is 30.0 Å². The van der Waals surface area contributed by atoms with E-state index < -0.39 is 0 Å². The van der Waals surface area contributed by atoms with E-state index in [-0.39, 0.29) is 18.1 Å². The number of ether oxygens (including phenoxy) is 1. The molecule has 2 bridgehead atoms. The Morgan fingerprint density at radius 2 is 2.33 bits per heavy atom. The third-order valence-electron chi connectivity index (χ3n) is 3.13. The summed E-state index contributed by atoms with van der Waals surface area (Å²) in [6.07, 6.45) is 0.669. The summed E-state index contributed by atoms with van der Waals surface area (Å²) in [4.78, 5) is 13.8. The number of hydrogen-bond acceptors (Lipinski definition) is 2. The van der Waals surface area contributed by atoms with Crippen LogP contribution in [0.1, 0.15) is 12.0 Å². The van der Waals surface area contributed by atoms with Crippen LogP contribution >= 0.6 is 0 Å². The highest BCUT2D eigenvalue weighted by molar-refractivity contribution is 6.00. The number of aryl methyl sites for hydroxylation is 1. The largest absolute Gasteiger partial charge is 0.366 e. The normalized spacial score (nSPS) is 28.9. The Kier molecular flexibility index (Phi) is 1.83. The van der Waals surface area contributed by atoms with Crippen LogP contribution in [0.3, 0.4) is 0 Å². The van der Waals surface area contributed by atoms with E-state index in [4.69, 9.17) is 4.74 Å². The van der Waals surface area contributed by atoms with Crippen LogP contribution in [0.15, 0.2) is 24.3 Å². The van der Waals surface area contributed by atoms with Gasteiger partial charge in [0.15, 0.2) is 0 Å². The van der Waals surface area contributed by atoms with E-state index in [0.29, 0.717) is 6.61 Å². The first-order valence-corrected chi connectivity index (χ1v) is 5.27. The van der Waals surface area contributed by atoms with Gasteiger partial charge in [-0.2, -0.15) is 0 Å². The molecule has 2 fully saturated rings. The van der Waals surface area contributed by atoms with Gasteiger partial charge in [0, 0.05) is 12.1 Å². The van der Waals surface area contributed by atoms with Crippen LogP contribution in [0.2, 0.25) is 0 Å². The first kappa shape index (κ1) is 8.92. The zero-order chi connectivity index (χ0) is 10.4. The Bertz CT molecular complexity index is 416. The maximum atomic E-state index is 11.9. The summed E-state index contributed by atoms with van der Waals surface area (Å²) in [7, 11) is 0. The van der Waals surface area contributed by atoms with Crippen molar-refractivity contribution in [2.24, 2.45) is 0 Å². The minimum absolute atomic E-state index is 0.122. The smallest absolute Gasteiger partial charge is 0.256 e. The predicted molar refractivity (Wildman–Crippen MR) is 56.8 cm³/mol. The molecule has 2 saturated heterocycles. The molecule has 78 valence electrons. The fourth-order valence-corrected chi connectivity index (χ4v) is 2.41. The van der Waals surface area contributed by atoms with Gasteiger partial charge in [0.2, 0.25) is 0 Å². The SMILES string of the molecule is Cc1cccc(N2C(=O)C3CC2CO3)c1. The second-order valence-electron chi connectivity index (χ2n) is 4.26. The van der Waals surface area contributed by atoms with Gasteiger partial charge in [0.25, 0.3) is 5.91 Å². The van der Waals surface area contributed by atoms with E-state index >= 15 is 0 Å². The number of nitrogens with zero attached hydrogens (tertiary/aromatic N) is 1. The third kappa shape index (κ3) is 1.27. The zero-order valence-electron chi connectivity index (χ0n) is 8.64. The molecule has 2 atom stereocenters. The van der Waals surface area contributed by atoms with Crippen LogP contribution in [0.4, 0.5) is 5.69 Å². The molecule has 1 aromatic rings. The predicted octanol–water partition coefficient (Wildman–Crippen LogP) is 1.50. The fraction of sp³-hybridized carbons (Fsp3) is 0.417. The monoisotopic (exact) mass is 203 g/mol. The highest BCUT2D eigenvalue weighted by Gasteiger charge is 2.46. The number of carbonyl (C=O) groups is 1. The molecule has 1 aromatic carbocycles. The Balaban J connectivity index is 1.98. The number of anilines is 1. The van der Waals surface area contributed by atoms with Crippen molar-refractivity contribution < 1.29 is 9.53 Å². The molecule has 2 aliphatic rings. The highest BCUT2D eigenvalue weighted by atomic mass is 16.5. The van der Waals surface area contributed by atoms with E-state index in [1.54, 1.807) is 0 Å². The minimum atomic E-state index is -0.185. The fourth-order valence-electron chi connectivity index (χ4n) is 2.41. The average Bonchev–Trinajstić information content (AvgIpc) is 2.77. The quantitative estimate of drug-likeness (QED) is 0.692. The lowest BCUT2D eigenvalue weighted by molar-refractivity contribution is -0.128. The Hall–Kier alpha value is -1.35. The van der Waals surface area contributed by atoms with Gasteiger partial charge in [0.05, 0.1) is 12.6 Å². The number of benzene rings is 1. The molecule has 0 aliphatic carbocycles. The number of hydrogen-bond donors (Lipinski definition) is 0. The van der Waals surface area contributed by atoms with Crippen LogP contribution in [0, 0.1) is 6.92 Å². The second kappa shape index (κ2) is 3.07. The molecule has 2 unspecified atom stereocenters. The summed E-state index contributed by atoms with van der Waals surface area (Å²) in [6, 6.07) is 8.33. The molecular formula is C12H13NO2. The third-order valence-corrected chi connectivity index (χ3v) is 3.13. The summed E-state index contributed by atoms with van der Waals surface area (Å²) in [6.45, 7) is 2.73. The van der Waals surface area contributed by atoms with E-state index in [0.717, 1.165) is 12.1 Å². The summed E-state index contributed by atoms with van der Waals surface area (Å²) in [5, 5.41) is 0. The number of rotatable bonds is 1. The highest BCUT2D eigenvalue weighted by Crippen LogP contribution is 2.33. The Morgan fingerprint density at radius 3 is 3.00 bits per heavy atom. The van der Waals surface area contributed by atoms with Crippen molar-refractivity contribution in [3.05, 3.63) is 29.8 Å². The van der Waals surface area contributed by atoms with E-state index in [1.165, 1.54) is 5.56 Å². The van der Waals surface area contributed by atoms with Gasteiger partial charge in [-0.15, -0.1) is 0 Å². The van der Waals surface area contributed by atoms with Crippen LogP contribution in [-0.2, 0) is 9.53 Å². The number of fused-ring (bicyclic) bond motifs is 2. The minimum Gasteiger partial charge on any atom is -0.366 e. The van der Waals surface area contributed by atoms with Gasteiger partial charge >= 0.3 is 0 Å². The number of carbonyl (C=O) groups excluding carboxylic acids is 1. The van der Waals surface area contributed by atoms with Crippen LogP contribution < -0.4 is 4.90 Å². The molecule has 2 aliphatic heterocycles. The van der Waals surface area contributed by atoms with Gasteiger partial charge in [0.1, 0.15) is 6.10 Å². The molecule has 0 radical (unpaired) electrons. The van der Waals surface area contributed by atoms with Crippen molar-refractivity contribution in [1.29, 1.82) is 0 Å². The first-order valence-electron chi connectivity index (χ1n) is 5.27. The van der Waals surface area contributed by atoms with Crippen LogP contribution in [-0.4, -0.2) is 24.7 Å². The maximum Gasteiger partial charge on any atom is 0.256 e. The number of amides is 1. The molecule has 2 heterocycles. The molecule has 1 amide bonds. The van der Waals surface area contributed by atoms with Gasteiger partial charge < -0.3 is 9.64 Å². The van der Waals surface area contributed by atoms with Gasteiger partial charge in [-0.05, 0) is 24.6 Å². The summed E-state index contributed by atoms with van der Waals surface area (Å²) >= 11 is 0. The van der Waals surface area contributed by atoms with Crippen molar-refractivity contribution in [3.63, 3.8) is 0 Å². The molecule has 3 heteroatoms. The summed E-state index contributed by atoms with van der Waals surface area (Å²) in [5.41, 5.74) is 2.19. The molecule has 0 spiro atoms. The van der Waals surface area contributed by atoms with Crippen molar-refractivity contribution >= 4 is 11.6 Å². The molecule has 0 aromatic heterocycles. The molecule has 15 heavy (non-hydrogen) atoms. The number of morpholine rings is 1. The van der Waals surface area contributed by atoms with E-state index in [9.17, 15) is 4.79 Å². The van der Waals surface area contributed by atoms with Crippen molar-refractivity contribution in [1.82, 2.24) is 0 Å². The molecule has 3 nitrogen and oxygen atoms in total. The molecule has 0 saturated carbocycles. The van der Waals surface area contributed by atoms with Gasteiger partial charge in [-0.1, -0.05) is 12.1 Å². The Labute approximate surface area is 88.6 Å². The summed E-state index contributed by atoms with van der Waals surface area (Å²) in [5.74, 6) is 0.122. The average molecular weight is 203 g/mol. The topological polar surface area (TPSA) is 29.5 Å². The van der Waals surface area contributed by atoms with E-state index in [2.05, 4.69) is 6.07 Å². The lowest BCUT2D eigenvalue weighted by atomic mass is 10.2. The van der Waals surface area contributed by atoms with Gasteiger partial charge in [-0.3, -0.25) is 4.79 Å². The van der Waals surface area contributed by atoms with Crippen molar-refractivity contribution in [3.8, 4) is 0 Å². The molecule has 0 N–H and O–H groups in total. The van der Waals surface area contributed by atoms with Gasteiger partial charge in [-0.25, -0.2) is 0 Å². The lowest BCUT2D eigenvalue weighted by Crippen LogP contribution is -2.41. The Morgan fingerprint density at radius 1 is 1.47 bits per heavy atom. The van der Waals surface area contributed by atoms with Crippen molar-refractivity contribution in [2.45, 2.75) is 25.5 Å². The zero-order valence-corrected chi connectivity index (χ0v) is 8.64. The van der Waals surface area contributed by atoms with Crippen LogP contribution in [0.5, 0.6) is 0 Å². The summed E-state index contributed by atoms with van der Waals surface area (Å²) < 4.78 is 5.35. The first-order chi connectivity index (χ1) is 7.25. The molecular weight excluding hydrogens is 190 g/mol. The maximum absolute atomic E-state index is 11.9.